The van der Waals surface area contributed by atoms with Crippen molar-refractivity contribution in [3.05, 3.63) is 62.2 Å². The van der Waals surface area contributed by atoms with Gasteiger partial charge in [-0.25, -0.2) is 4.79 Å². The van der Waals surface area contributed by atoms with Crippen molar-refractivity contribution in [3.63, 3.8) is 0 Å². The maximum atomic E-state index is 11.9. The van der Waals surface area contributed by atoms with E-state index in [4.69, 9.17) is 16.4 Å². The second-order valence-electron chi connectivity index (χ2n) is 4.73. The number of allylic oxidation sites excluding steroid dienone is 4. The van der Waals surface area contributed by atoms with Crippen molar-refractivity contribution in [2.24, 2.45) is 5.16 Å². The smallest absolute Gasteiger partial charge is 0.312 e. The molecular formula is C15H11ClN2O5. The van der Waals surface area contributed by atoms with Gasteiger partial charge < -0.3 is 4.84 Å². The van der Waals surface area contributed by atoms with Gasteiger partial charge in [0.25, 0.3) is 5.69 Å². The fourth-order valence-electron chi connectivity index (χ4n) is 1.79. The monoisotopic (exact) mass is 334 g/mol. The number of hydrogen-bond donors (Lipinski definition) is 0. The van der Waals surface area contributed by atoms with Crippen LogP contribution in [0.4, 0.5) is 5.69 Å². The Balaban J connectivity index is 2.18. The van der Waals surface area contributed by atoms with Gasteiger partial charge >= 0.3 is 5.97 Å². The van der Waals surface area contributed by atoms with Crippen LogP contribution in [0.2, 0.25) is 0 Å². The van der Waals surface area contributed by atoms with Crippen LogP contribution in [0.3, 0.4) is 0 Å². The molecule has 0 aromatic heterocycles. The first kappa shape index (κ1) is 16.6. The molecule has 1 aromatic carbocycles. The highest BCUT2D eigenvalue weighted by molar-refractivity contribution is 6.48. The summed E-state index contributed by atoms with van der Waals surface area (Å²) in [4.78, 5) is 38.3. The average molecular weight is 335 g/mol. The molecule has 0 fully saturated rings. The molecule has 0 heterocycles. The minimum atomic E-state index is -0.778. The van der Waals surface area contributed by atoms with Crippen LogP contribution in [0.25, 0.3) is 0 Å². The molecule has 7 nitrogen and oxygen atoms in total. The summed E-state index contributed by atoms with van der Waals surface area (Å²) in [6.45, 7) is 3.26. The first-order chi connectivity index (χ1) is 10.8. The number of nitro benzene ring substituents is 1. The van der Waals surface area contributed by atoms with E-state index in [-0.39, 0.29) is 27.8 Å². The van der Waals surface area contributed by atoms with E-state index in [0.29, 0.717) is 11.1 Å². The highest BCUT2D eigenvalue weighted by Crippen LogP contribution is 2.22. The predicted molar refractivity (Wildman–Crippen MR) is 83.3 cm³/mol. The molecule has 1 aliphatic carbocycles. The van der Waals surface area contributed by atoms with E-state index in [1.807, 2.05) is 0 Å². The van der Waals surface area contributed by atoms with Crippen molar-refractivity contribution in [3.8, 4) is 0 Å². The van der Waals surface area contributed by atoms with Crippen molar-refractivity contribution in [1.82, 2.24) is 0 Å². The number of rotatable bonds is 3. The number of ketones is 1. The van der Waals surface area contributed by atoms with Gasteiger partial charge in [-0.15, -0.1) is 0 Å². The Kier molecular flexibility index (Phi) is 4.71. The Hall–Kier alpha value is -2.80. The second kappa shape index (κ2) is 6.53. The third-order valence-electron chi connectivity index (χ3n) is 3.31. The van der Waals surface area contributed by atoms with Crippen LogP contribution in [0.5, 0.6) is 0 Å². The third kappa shape index (κ3) is 3.51. The second-order valence-corrected chi connectivity index (χ2v) is 5.14. The van der Waals surface area contributed by atoms with E-state index in [9.17, 15) is 19.7 Å². The van der Waals surface area contributed by atoms with Gasteiger partial charge in [0.2, 0.25) is 0 Å². The molecule has 118 valence electrons. The zero-order chi connectivity index (χ0) is 17.1. The molecule has 1 aliphatic rings. The van der Waals surface area contributed by atoms with Gasteiger partial charge in [0.05, 0.1) is 15.5 Å². The van der Waals surface area contributed by atoms with Gasteiger partial charge in [0.1, 0.15) is 5.71 Å². The first-order valence-corrected chi connectivity index (χ1v) is 6.82. The van der Waals surface area contributed by atoms with E-state index >= 15 is 0 Å². The summed E-state index contributed by atoms with van der Waals surface area (Å²) in [6.07, 6.45) is 1.31. The Labute approximate surface area is 136 Å². The van der Waals surface area contributed by atoms with Gasteiger partial charge in [-0.1, -0.05) is 16.8 Å². The topological polar surface area (TPSA) is 98.9 Å². The summed E-state index contributed by atoms with van der Waals surface area (Å²) in [7, 11) is 0. The number of Topliss-reactive ketones (excluding diaryl/α,β-unsaturated/α-hetero) is 1. The Morgan fingerprint density at radius 2 is 1.83 bits per heavy atom. The maximum absolute atomic E-state index is 11.9. The number of nitrogens with zero attached hydrogens (tertiary/aromatic N) is 2. The van der Waals surface area contributed by atoms with Gasteiger partial charge in [-0.2, -0.15) is 0 Å². The van der Waals surface area contributed by atoms with E-state index in [0.717, 1.165) is 0 Å². The van der Waals surface area contributed by atoms with Gasteiger partial charge in [0.15, 0.2) is 5.78 Å². The molecule has 23 heavy (non-hydrogen) atoms. The largest absolute Gasteiger partial charge is 0.365 e. The zero-order valence-corrected chi connectivity index (χ0v) is 13.0. The molecule has 0 bridgehead atoms. The van der Waals surface area contributed by atoms with Crippen LogP contribution in [0.1, 0.15) is 24.2 Å². The summed E-state index contributed by atoms with van der Waals surface area (Å²) >= 11 is 5.79. The quantitative estimate of drug-likeness (QED) is 0.366. The SMILES string of the molecule is CC1=C(C)/C(=N/OC(=O)c2ccc([N+](=O)[O-])cc2)C=C(Cl)C1=O. The minimum absolute atomic E-state index is 0.0155. The Bertz CT molecular complexity index is 791. The molecule has 0 atom stereocenters. The highest BCUT2D eigenvalue weighted by atomic mass is 35.5. The molecule has 0 unspecified atom stereocenters. The summed E-state index contributed by atoms with van der Waals surface area (Å²) < 4.78 is 0. The van der Waals surface area contributed by atoms with Gasteiger partial charge in [0, 0.05) is 17.7 Å². The first-order valence-electron chi connectivity index (χ1n) is 6.45. The van der Waals surface area contributed by atoms with Crippen LogP contribution < -0.4 is 0 Å². The molecular weight excluding hydrogens is 324 g/mol. The number of halogens is 1. The van der Waals surface area contributed by atoms with Crippen molar-refractivity contribution >= 4 is 34.8 Å². The molecule has 0 saturated carbocycles. The fourth-order valence-corrected chi connectivity index (χ4v) is 2.04. The molecule has 8 heteroatoms. The molecule has 0 radical (unpaired) electrons. The molecule has 2 rings (SSSR count). The van der Waals surface area contributed by atoms with Crippen molar-refractivity contribution in [2.45, 2.75) is 13.8 Å². The molecule has 0 N–H and O–H groups in total. The van der Waals surface area contributed by atoms with E-state index in [2.05, 4.69) is 5.16 Å². The lowest BCUT2D eigenvalue weighted by molar-refractivity contribution is -0.384. The number of non-ortho nitro benzene ring substituents is 1. The number of carbonyl (C=O) groups excluding carboxylic acids is 2. The van der Waals surface area contributed by atoms with E-state index < -0.39 is 10.9 Å². The number of carbonyl (C=O) groups is 2. The highest BCUT2D eigenvalue weighted by Gasteiger charge is 2.21. The van der Waals surface area contributed by atoms with Crippen molar-refractivity contribution in [1.29, 1.82) is 0 Å². The fraction of sp³-hybridized carbons (Fsp3) is 0.133. The average Bonchev–Trinajstić information content (AvgIpc) is 2.54. The lowest BCUT2D eigenvalue weighted by Gasteiger charge is -2.12. The van der Waals surface area contributed by atoms with E-state index in [1.165, 1.54) is 30.3 Å². The Morgan fingerprint density at radius 1 is 1.22 bits per heavy atom. The third-order valence-corrected chi connectivity index (χ3v) is 3.59. The zero-order valence-electron chi connectivity index (χ0n) is 12.2. The van der Waals surface area contributed by atoms with Gasteiger partial charge in [-0.3, -0.25) is 14.9 Å². The number of nitro groups is 1. The lowest BCUT2D eigenvalue weighted by Crippen LogP contribution is -2.15. The number of hydrogen-bond acceptors (Lipinski definition) is 6. The van der Waals surface area contributed by atoms with E-state index in [1.54, 1.807) is 13.8 Å². The Morgan fingerprint density at radius 3 is 2.39 bits per heavy atom. The summed E-state index contributed by atoms with van der Waals surface area (Å²) in [6, 6.07) is 4.91. The molecule has 0 aliphatic heterocycles. The van der Waals surface area contributed by atoms with Crippen LogP contribution in [0, 0.1) is 10.1 Å². The molecule has 1 aromatic rings. The molecule has 0 amide bonds. The van der Waals surface area contributed by atoms with Crippen LogP contribution in [-0.4, -0.2) is 22.4 Å². The van der Waals surface area contributed by atoms with Crippen molar-refractivity contribution < 1.29 is 19.3 Å². The number of benzene rings is 1. The molecule has 0 spiro atoms. The standard InChI is InChI=1S/C15H11ClN2O5/c1-8-9(2)14(19)12(16)7-13(8)17-23-15(20)10-3-5-11(6-4-10)18(21)22/h3-7H,1-2H3/b17-13+. The minimum Gasteiger partial charge on any atom is -0.312 e. The van der Waals surface area contributed by atoms with Gasteiger partial charge in [-0.05, 0) is 37.6 Å². The van der Waals surface area contributed by atoms with Crippen LogP contribution in [-0.2, 0) is 9.63 Å². The van der Waals surface area contributed by atoms with Crippen LogP contribution >= 0.6 is 11.6 Å². The predicted octanol–water partition coefficient (Wildman–Crippen LogP) is 3.15. The normalized spacial score (nSPS) is 16.4. The van der Waals surface area contributed by atoms with Crippen LogP contribution in [0.15, 0.2) is 51.7 Å². The summed E-state index contributed by atoms with van der Waals surface area (Å²) in [5.74, 6) is -1.08. The maximum Gasteiger partial charge on any atom is 0.365 e. The summed E-state index contributed by atoms with van der Waals surface area (Å²) in [5, 5.41) is 14.2. The number of oxime groups is 1. The lowest BCUT2D eigenvalue weighted by atomic mass is 9.97. The summed E-state index contributed by atoms with van der Waals surface area (Å²) in [5.41, 5.74) is 1.21. The van der Waals surface area contributed by atoms with Crippen molar-refractivity contribution in [2.75, 3.05) is 0 Å². The molecule has 0 saturated heterocycles.